The van der Waals surface area contributed by atoms with E-state index in [0.717, 1.165) is 22.4 Å². The lowest BCUT2D eigenvalue weighted by atomic mass is 9.98. The van der Waals surface area contributed by atoms with Gasteiger partial charge in [-0.05, 0) is 22.8 Å². The number of rotatable bonds is 3. The fourth-order valence-electron chi connectivity index (χ4n) is 3.28. The van der Waals surface area contributed by atoms with Crippen LogP contribution in [-0.2, 0) is 24.3 Å². The molecule has 0 saturated heterocycles. The Bertz CT molecular complexity index is 976. The van der Waals surface area contributed by atoms with Gasteiger partial charge >= 0.3 is 0 Å². The molecule has 0 saturated carbocycles. The quantitative estimate of drug-likeness (QED) is 0.803. The van der Waals surface area contributed by atoms with Gasteiger partial charge in [-0.15, -0.1) is 0 Å². The molecule has 0 aliphatic carbocycles. The average molecular weight is 330 g/mol. The van der Waals surface area contributed by atoms with Gasteiger partial charge in [-0.1, -0.05) is 60.7 Å². The van der Waals surface area contributed by atoms with Crippen molar-refractivity contribution in [3.05, 3.63) is 93.8 Å². The summed E-state index contributed by atoms with van der Waals surface area (Å²) in [5, 5.41) is 2.78. The zero-order valence-corrected chi connectivity index (χ0v) is 13.7. The molecule has 0 bridgehead atoms. The van der Waals surface area contributed by atoms with Crippen molar-refractivity contribution < 1.29 is 4.79 Å². The van der Waals surface area contributed by atoms with E-state index in [-0.39, 0.29) is 17.9 Å². The van der Waals surface area contributed by atoms with E-state index >= 15 is 0 Å². The normalized spacial score (nSPS) is 13.2. The molecule has 2 aromatic carbocycles. The summed E-state index contributed by atoms with van der Waals surface area (Å²) in [7, 11) is 0. The number of fused-ring (bicyclic) bond motifs is 1. The van der Waals surface area contributed by atoms with Crippen molar-refractivity contribution in [2.75, 3.05) is 0 Å². The Balaban J connectivity index is 1.91. The fourth-order valence-corrected chi connectivity index (χ4v) is 3.28. The van der Waals surface area contributed by atoms with Crippen LogP contribution in [0.1, 0.15) is 16.7 Å². The van der Waals surface area contributed by atoms with E-state index in [1.54, 1.807) is 4.57 Å². The zero-order chi connectivity index (χ0) is 17.2. The van der Waals surface area contributed by atoms with E-state index in [4.69, 9.17) is 0 Å². The maximum atomic E-state index is 13.1. The number of amides is 1. The first-order valence-electron chi connectivity index (χ1n) is 8.34. The lowest BCUT2D eigenvalue weighted by molar-refractivity contribution is -0.121. The largest absolute Gasteiger partial charge is 0.352 e. The maximum absolute atomic E-state index is 13.1. The Kier molecular flexibility index (Phi) is 3.94. The van der Waals surface area contributed by atoms with Crippen LogP contribution in [0.15, 0.2) is 71.5 Å². The number of aromatic nitrogens is 1. The molecule has 4 rings (SSSR count). The number of nitrogens with zero attached hydrogens (tertiary/aromatic N) is 1. The van der Waals surface area contributed by atoms with Crippen molar-refractivity contribution >= 4 is 5.91 Å². The molecular weight excluding hydrogens is 312 g/mol. The summed E-state index contributed by atoms with van der Waals surface area (Å²) in [6.07, 6.45) is 0.260. The predicted octanol–water partition coefficient (Wildman–Crippen LogP) is 2.74. The lowest BCUT2D eigenvalue weighted by Gasteiger charge is -2.21. The number of carbonyl (C=O) groups is 1. The van der Waals surface area contributed by atoms with E-state index < -0.39 is 0 Å². The molecule has 4 heteroatoms. The molecule has 2 heterocycles. The van der Waals surface area contributed by atoms with Crippen LogP contribution in [0.4, 0.5) is 0 Å². The molecule has 1 aliphatic rings. The standard InChI is InChI=1S/C21H18N2O2/c24-20-12-17-11-19(16-9-5-2-6-10-16)23(21(25)18(17)13-22-20)14-15-7-3-1-4-8-15/h1-11H,12-14H2,(H,22,24). The van der Waals surface area contributed by atoms with Gasteiger partial charge in [-0.25, -0.2) is 0 Å². The smallest absolute Gasteiger partial charge is 0.256 e. The van der Waals surface area contributed by atoms with Crippen LogP contribution in [0.25, 0.3) is 11.3 Å². The van der Waals surface area contributed by atoms with E-state index in [1.165, 1.54) is 0 Å². The highest BCUT2D eigenvalue weighted by molar-refractivity contribution is 5.81. The van der Waals surface area contributed by atoms with Crippen LogP contribution in [0.5, 0.6) is 0 Å². The Morgan fingerprint density at radius 1 is 0.920 bits per heavy atom. The van der Waals surface area contributed by atoms with Crippen molar-refractivity contribution in [1.29, 1.82) is 0 Å². The van der Waals surface area contributed by atoms with Crippen LogP contribution in [0.3, 0.4) is 0 Å². The Morgan fingerprint density at radius 2 is 1.60 bits per heavy atom. The summed E-state index contributed by atoms with van der Waals surface area (Å²) in [6.45, 7) is 0.808. The molecule has 0 radical (unpaired) electrons. The van der Waals surface area contributed by atoms with Crippen LogP contribution in [0, 0.1) is 0 Å². The molecule has 3 aromatic rings. The van der Waals surface area contributed by atoms with Gasteiger partial charge in [0.25, 0.3) is 5.56 Å². The maximum Gasteiger partial charge on any atom is 0.256 e. The van der Waals surface area contributed by atoms with Gasteiger partial charge < -0.3 is 9.88 Å². The molecule has 0 atom stereocenters. The number of hydrogen-bond acceptors (Lipinski definition) is 2. The monoisotopic (exact) mass is 330 g/mol. The van der Waals surface area contributed by atoms with Crippen molar-refractivity contribution in [1.82, 2.24) is 9.88 Å². The number of benzene rings is 2. The van der Waals surface area contributed by atoms with E-state index in [2.05, 4.69) is 5.32 Å². The topological polar surface area (TPSA) is 51.1 Å². The third-order valence-electron chi connectivity index (χ3n) is 4.56. The van der Waals surface area contributed by atoms with Crippen LogP contribution in [0.2, 0.25) is 0 Å². The first-order chi connectivity index (χ1) is 12.2. The Morgan fingerprint density at radius 3 is 2.32 bits per heavy atom. The molecule has 1 aliphatic heterocycles. The van der Waals surface area contributed by atoms with Gasteiger partial charge in [-0.3, -0.25) is 9.59 Å². The van der Waals surface area contributed by atoms with Crippen molar-refractivity contribution in [2.24, 2.45) is 0 Å². The summed E-state index contributed by atoms with van der Waals surface area (Å²) >= 11 is 0. The van der Waals surface area contributed by atoms with Gasteiger partial charge in [0, 0.05) is 12.1 Å². The molecule has 1 aromatic heterocycles. The molecule has 124 valence electrons. The van der Waals surface area contributed by atoms with Gasteiger partial charge in [0.15, 0.2) is 0 Å². The number of carbonyl (C=O) groups excluding carboxylic acids is 1. The second-order valence-electron chi connectivity index (χ2n) is 6.23. The molecule has 0 spiro atoms. The molecular formula is C21H18N2O2. The summed E-state index contributed by atoms with van der Waals surface area (Å²) in [5.41, 5.74) is 4.39. The highest BCUT2D eigenvalue weighted by atomic mass is 16.2. The predicted molar refractivity (Wildman–Crippen MR) is 97.2 cm³/mol. The first kappa shape index (κ1) is 15.4. The summed E-state index contributed by atoms with van der Waals surface area (Å²) < 4.78 is 1.81. The first-order valence-corrected chi connectivity index (χ1v) is 8.34. The Labute approximate surface area is 145 Å². The summed E-state index contributed by atoms with van der Waals surface area (Å²) in [4.78, 5) is 24.9. The minimum absolute atomic E-state index is 0.0276. The van der Waals surface area contributed by atoms with Crippen molar-refractivity contribution in [3.8, 4) is 11.3 Å². The van der Waals surface area contributed by atoms with Gasteiger partial charge in [0.05, 0.1) is 18.7 Å². The van der Waals surface area contributed by atoms with Crippen LogP contribution >= 0.6 is 0 Å². The molecule has 1 amide bonds. The average Bonchev–Trinajstić information content (AvgIpc) is 2.65. The molecule has 25 heavy (non-hydrogen) atoms. The van der Waals surface area contributed by atoms with Crippen LogP contribution in [-0.4, -0.2) is 10.5 Å². The van der Waals surface area contributed by atoms with E-state index in [0.29, 0.717) is 18.7 Å². The van der Waals surface area contributed by atoms with E-state index in [9.17, 15) is 9.59 Å². The minimum atomic E-state index is -0.0354. The van der Waals surface area contributed by atoms with Crippen LogP contribution < -0.4 is 10.9 Å². The number of pyridine rings is 1. The highest BCUT2D eigenvalue weighted by Gasteiger charge is 2.21. The second-order valence-corrected chi connectivity index (χ2v) is 6.23. The van der Waals surface area contributed by atoms with Gasteiger partial charge in [0.1, 0.15) is 0 Å². The van der Waals surface area contributed by atoms with Crippen molar-refractivity contribution in [3.63, 3.8) is 0 Å². The SMILES string of the molecule is O=C1Cc2cc(-c3ccccc3)n(Cc3ccccc3)c(=O)c2CN1. The third-order valence-corrected chi connectivity index (χ3v) is 4.56. The van der Waals surface area contributed by atoms with Crippen molar-refractivity contribution in [2.45, 2.75) is 19.5 Å². The zero-order valence-electron chi connectivity index (χ0n) is 13.7. The summed E-state index contributed by atoms with van der Waals surface area (Å²) in [6, 6.07) is 21.8. The lowest BCUT2D eigenvalue weighted by Crippen LogP contribution is -2.37. The Hall–Kier alpha value is -3.14. The van der Waals surface area contributed by atoms with Gasteiger partial charge in [0.2, 0.25) is 5.91 Å². The van der Waals surface area contributed by atoms with E-state index in [1.807, 2.05) is 66.7 Å². The molecule has 0 fully saturated rings. The number of nitrogens with one attached hydrogen (secondary N) is 1. The molecule has 4 nitrogen and oxygen atoms in total. The minimum Gasteiger partial charge on any atom is -0.352 e. The summed E-state index contributed by atoms with van der Waals surface area (Å²) in [5.74, 6) is -0.0354. The van der Waals surface area contributed by atoms with Gasteiger partial charge in [-0.2, -0.15) is 0 Å². The number of hydrogen-bond donors (Lipinski definition) is 1. The highest BCUT2D eigenvalue weighted by Crippen LogP contribution is 2.23. The molecule has 1 N–H and O–H groups in total. The fraction of sp³-hybridized carbons (Fsp3) is 0.143. The second kappa shape index (κ2) is 6.40. The molecule has 0 unspecified atom stereocenters. The third kappa shape index (κ3) is 2.98.